The highest BCUT2D eigenvalue weighted by atomic mass is 15.0. The molecule has 1 heteroatoms. The third-order valence-corrected chi connectivity index (χ3v) is 3.59. The first-order valence-electron chi connectivity index (χ1n) is 8.97. The lowest BCUT2D eigenvalue weighted by molar-refractivity contribution is 0.197. The molecule has 3 atom stereocenters. The zero-order valence-corrected chi connectivity index (χ0v) is 15.7. The molecule has 1 nitrogen and oxygen atoms in total. The summed E-state index contributed by atoms with van der Waals surface area (Å²) < 4.78 is 0. The van der Waals surface area contributed by atoms with E-state index >= 15 is 0 Å². The molecule has 1 heterocycles. The van der Waals surface area contributed by atoms with Gasteiger partial charge in [0.2, 0.25) is 0 Å². The van der Waals surface area contributed by atoms with Gasteiger partial charge in [0.25, 0.3) is 0 Å². The lowest BCUT2D eigenvalue weighted by Crippen LogP contribution is -2.37. The average molecular weight is 274 g/mol. The van der Waals surface area contributed by atoms with Crippen LogP contribution in [0.3, 0.4) is 0 Å². The average Bonchev–Trinajstić information content (AvgIpc) is 2.81. The van der Waals surface area contributed by atoms with E-state index in [-0.39, 0.29) is 0 Å². The maximum Gasteiger partial charge on any atom is 0.0124 e. The highest BCUT2D eigenvalue weighted by Crippen LogP contribution is 2.43. The molecule has 19 heavy (non-hydrogen) atoms. The molecule has 0 bridgehead atoms. The molecular weight excluding hydrogens is 230 g/mol. The Morgan fingerprint density at radius 1 is 0.842 bits per heavy atom. The van der Waals surface area contributed by atoms with E-state index in [0.717, 1.165) is 12.1 Å². The second kappa shape index (κ2) is 16.0. The van der Waals surface area contributed by atoms with Crippen molar-refractivity contribution >= 4 is 0 Å². The standard InChI is InChI=1S/C10H19N.4C2H6/c1-8-7-10(2)6-4-3-5-9(10)11-8;4*1-2/h8-9,11H,3-7H2,1-2H3;4*1-2H3/t8?,9?,10-;;;;/m0..../s1. The van der Waals surface area contributed by atoms with E-state index in [4.69, 9.17) is 0 Å². The summed E-state index contributed by atoms with van der Waals surface area (Å²) >= 11 is 0. The molecular formula is C18H43N. The Hall–Kier alpha value is -0.0400. The molecule has 0 aromatic carbocycles. The molecule has 2 aliphatic rings. The fraction of sp³-hybridized carbons (Fsp3) is 1.00. The molecule has 0 aromatic heterocycles. The summed E-state index contributed by atoms with van der Waals surface area (Å²) in [5, 5.41) is 3.70. The SMILES string of the molecule is CC.CC.CC.CC.CC1C[C@]2(C)CCCCC2N1. The largest absolute Gasteiger partial charge is 0.311 e. The third kappa shape index (κ3) is 8.68. The first kappa shape index (κ1) is 24.0. The van der Waals surface area contributed by atoms with E-state index in [0.29, 0.717) is 5.41 Å². The third-order valence-electron chi connectivity index (χ3n) is 3.59. The Bertz CT molecular complexity index is 156. The van der Waals surface area contributed by atoms with Crippen LogP contribution in [0.5, 0.6) is 0 Å². The minimum atomic E-state index is 0.650. The normalized spacial score (nSPS) is 30.6. The van der Waals surface area contributed by atoms with Crippen molar-refractivity contribution < 1.29 is 0 Å². The van der Waals surface area contributed by atoms with Crippen molar-refractivity contribution in [3.8, 4) is 0 Å². The second-order valence-corrected chi connectivity index (χ2v) is 4.72. The summed E-state index contributed by atoms with van der Waals surface area (Å²) in [5.74, 6) is 0. The number of rotatable bonds is 0. The quantitative estimate of drug-likeness (QED) is 0.537. The van der Waals surface area contributed by atoms with E-state index < -0.39 is 0 Å². The summed E-state index contributed by atoms with van der Waals surface area (Å²) in [6.07, 6.45) is 7.18. The summed E-state index contributed by atoms with van der Waals surface area (Å²) in [6.45, 7) is 20.8. The van der Waals surface area contributed by atoms with E-state index in [2.05, 4.69) is 19.2 Å². The van der Waals surface area contributed by atoms with Crippen LogP contribution in [-0.4, -0.2) is 12.1 Å². The fourth-order valence-electron chi connectivity index (χ4n) is 3.03. The molecule has 0 radical (unpaired) electrons. The van der Waals surface area contributed by atoms with E-state index in [1.54, 1.807) is 0 Å². The second-order valence-electron chi connectivity index (χ2n) is 4.72. The van der Waals surface area contributed by atoms with Gasteiger partial charge in [0.1, 0.15) is 0 Å². The lowest BCUT2D eigenvalue weighted by Gasteiger charge is -2.35. The van der Waals surface area contributed by atoms with Crippen molar-refractivity contribution in [2.45, 2.75) is 113 Å². The summed E-state index contributed by atoms with van der Waals surface area (Å²) in [6, 6.07) is 1.61. The van der Waals surface area contributed by atoms with Crippen molar-refractivity contribution in [3.05, 3.63) is 0 Å². The predicted molar refractivity (Wildman–Crippen MR) is 93.0 cm³/mol. The van der Waals surface area contributed by atoms with Crippen LogP contribution < -0.4 is 5.32 Å². The Morgan fingerprint density at radius 3 is 1.74 bits per heavy atom. The van der Waals surface area contributed by atoms with Gasteiger partial charge in [0.15, 0.2) is 0 Å². The zero-order valence-electron chi connectivity index (χ0n) is 15.7. The first-order chi connectivity index (χ1) is 9.21. The van der Waals surface area contributed by atoms with E-state index in [1.165, 1.54) is 32.1 Å². The highest BCUT2D eigenvalue weighted by molar-refractivity contribution is 4.99. The van der Waals surface area contributed by atoms with Crippen LogP contribution >= 0.6 is 0 Å². The van der Waals surface area contributed by atoms with Gasteiger partial charge in [0, 0.05) is 12.1 Å². The monoisotopic (exact) mass is 273 g/mol. The maximum atomic E-state index is 3.70. The molecule has 1 N–H and O–H groups in total. The summed E-state index contributed by atoms with van der Waals surface area (Å²) in [7, 11) is 0. The highest BCUT2D eigenvalue weighted by Gasteiger charge is 2.42. The van der Waals surface area contributed by atoms with Crippen LogP contribution in [0.15, 0.2) is 0 Å². The molecule has 0 amide bonds. The fourth-order valence-corrected chi connectivity index (χ4v) is 3.03. The maximum absolute atomic E-state index is 3.70. The van der Waals surface area contributed by atoms with Gasteiger partial charge in [-0.15, -0.1) is 0 Å². The molecule has 1 saturated carbocycles. The van der Waals surface area contributed by atoms with E-state index in [9.17, 15) is 0 Å². The molecule has 2 unspecified atom stereocenters. The molecule has 120 valence electrons. The van der Waals surface area contributed by atoms with Gasteiger partial charge < -0.3 is 5.32 Å². The Kier molecular flexibility index (Phi) is 20.2. The van der Waals surface area contributed by atoms with Crippen molar-refractivity contribution in [3.63, 3.8) is 0 Å². The van der Waals surface area contributed by atoms with Crippen LogP contribution in [0.2, 0.25) is 0 Å². The smallest absolute Gasteiger partial charge is 0.0124 e. The molecule has 0 spiro atoms. The van der Waals surface area contributed by atoms with Crippen LogP contribution in [0.4, 0.5) is 0 Å². The lowest BCUT2D eigenvalue weighted by atomic mass is 9.72. The number of nitrogens with one attached hydrogen (secondary N) is 1. The van der Waals surface area contributed by atoms with Gasteiger partial charge in [-0.2, -0.15) is 0 Å². The van der Waals surface area contributed by atoms with Crippen LogP contribution in [0, 0.1) is 5.41 Å². The summed E-state index contributed by atoms with van der Waals surface area (Å²) in [5.41, 5.74) is 0.650. The Balaban J connectivity index is -0.000000278. The van der Waals surface area contributed by atoms with Gasteiger partial charge in [0.05, 0.1) is 0 Å². The van der Waals surface area contributed by atoms with Crippen molar-refractivity contribution in [2.75, 3.05) is 0 Å². The van der Waals surface area contributed by atoms with Crippen LogP contribution in [0.1, 0.15) is 101 Å². The van der Waals surface area contributed by atoms with Crippen LogP contribution in [0.25, 0.3) is 0 Å². The molecule has 1 saturated heterocycles. The van der Waals surface area contributed by atoms with Gasteiger partial charge >= 0.3 is 0 Å². The first-order valence-corrected chi connectivity index (χ1v) is 8.97. The Labute approximate surface area is 125 Å². The predicted octanol–water partition coefficient (Wildman–Crippen LogP) is 6.42. The minimum Gasteiger partial charge on any atom is -0.311 e. The number of hydrogen-bond donors (Lipinski definition) is 1. The topological polar surface area (TPSA) is 12.0 Å². The van der Waals surface area contributed by atoms with Crippen LogP contribution in [-0.2, 0) is 0 Å². The minimum absolute atomic E-state index is 0.650. The van der Waals surface area contributed by atoms with Crippen molar-refractivity contribution in [1.82, 2.24) is 5.32 Å². The molecule has 1 aliphatic heterocycles. The van der Waals surface area contributed by atoms with Crippen molar-refractivity contribution in [2.24, 2.45) is 5.41 Å². The number of fused-ring (bicyclic) bond motifs is 1. The number of hydrogen-bond acceptors (Lipinski definition) is 1. The van der Waals surface area contributed by atoms with Gasteiger partial charge in [-0.05, 0) is 31.6 Å². The molecule has 0 aromatic rings. The van der Waals surface area contributed by atoms with Crippen molar-refractivity contribution in [1.29, 1.82) is 0 Å². The molecule has 2 rings (SSSR count). The molecule has 2 fully saturated rings. The molecule has 1 aliphatic carbocycles. The zero-order chi connectivity index (χ0) is 15.9. The van der Waals surface area contributed by atoms with Gasteiger partial charge in [-0.25, -0.2) is 0 Å². The van der Waals surface area contributed by atoms with Gasteiger partial charge in [-0.1, -0.05) is 75.2 Å². The Morgan fingerprint density at radius 2 is 1.32 bits per heavy atom. The van der Waals surface area contributed by atoms with E-state index in [1.807, 2.05) is 55.4 Å². The summed E-state index contributed by atoms with van der Waals surface area (Å²) in [4.78, 5) is 0. The van der Waals surface area contributed by atoms with Gasteiger partial charge in [-0.3, -0.25) is 0 Å².